The molecule has 0 amide bonds. The number of hydrogen-bond acceptors (Lipinski definition) is 3. The van der Waals surface area contributed by atoms with Crippen LogP contribution in [0.2, 0.25) is 0 Å². The molecule has 3 nitrogen and oxygen atoms in total. The average molecular weight is 253 g/mol. The van der Waals surface area contributed by atoms with Crippen molar-refractivity contribution in [3.8, 4) is 0 Å². The highest BCUT2D eigenvalue weighted by atomic mass is 15.2. The van der Waals surface area contributed by atoms with Crippen molar-refractivity contribution < 1.29 is 0 Å². The molecule has 0 bridgehead atoms. The summed E-state index contributed by atoms with van der Waals surface area (Å²) in [6, 6.07) is 2.36. The van der Waals surface area contributed by atoms with Gasteiger partial charge < -0.3 is 10.2 Å². The van der Waals surface area contributed by atoms with E-state index in [-0.39, 0.29) is 0 Å². The third kappa shape index (κ3) is 3.46. The van der Waals surface area contributed by atoms with Crippen LogP contribution < -0.4 is 5.32 Å². The van der Waals surface area contributed by atoms with Crippen LogP contribution in [0.1, 0.15) is 46.0 Å². The third-order valence-corrected chi connectivity index (χ3v) is 4.90. The lowest BCUT2D eigenvalue weighted by Crippen LogP contribution is -2.53. The van der Waals surface area contributed by atoms with Gasteiger partial charge >= 0.3 is 0 Å². The maximum Gasteiger partial charge on any atom is 0.0122 e. The summed E-state index contributed by atoms with van der Waals surface area (Å²) in [5.74, 6) is 0. The van der Waals surface area contributed by atoms with Crippen LogP contribution in [-0.4, -0.2) is 61.2 Å². The first-order valence-corrected chi connectivity index (χ1v) is 7.90. The smallest absolute Gasteiger partial charge is 0.0122 e. The van der Waals surface area contributed by atoms with Crippen molar-refractivity contribution in [1.29, 1.82) is 0 Å². The molecule has 18 heavy (non-hydrogen) atoms. The van der Waals surface area contributed by atoms with Gasteiger partial charge in [-0.1, -0.05) is 6.92 Å². The Hall–Kier alpha value is -0.120. The van der Waals surface area contributed by atoms with Crippen LogP contribution in [0.4, 0.5) is 0 Å². The maximum atomic E-state index is 3.45. The van der Waals surface area contributed by atoms with Crippen LogP contribution >= 0.6 is 0 Å². The summed E-state index contributed by atoms with van der Waals surface area (Å²) in [5, 5.41) is 3.45. The zero-order valence-electron chi connectivity index (χ0n) is 12.5. The lowest BCUT2D eigenvalue weighted by atomic mass is 9.93. The third-order valence-electron chi connectivity index (χ3n) is 4.90. The van der Waals surface area contributed by atoms with Crippen molar-refractivity contribution in [2.24, 2.45) is 0 Å². The molecule has 2 saturated heterocycles. The van der Waals surface area contributed by atoms with Gasteiger partial charge in [-0.25, -0.2) is 0 Å². The van der Waals surface area contributed by atoms with Gasteiger partial charge in [0, 0.05) is 24.7 Å². The summed E-state index contributed by atoms with van der Waals surface area (Å²) in [6.45, 7) is 9.93. The second-order valence-corrected chi connectivity index (χ2v) is 6.17. The quantitative estimate of drug-likeness (QED) is 0.826. The number of hydrogen-bond donors (Lipinski definition) is 1. The number of nitrogens with one attached hydrogen (secondary N) is 1. The molecule has 1 N–H and O–H groups in total. The molecule has 2 aliphatic heterocycles. The predicted molar refractivity (Wildman–Crippen MR) is 78.0 cm³/mol. The van der Waals surface area contributed by atoms with Crippen LogP contribution in [0, 0.1) is 0 Å². The zero-order valence-corrected chi connectivity index (χ0v) is 12.5. The summed E-state index contributed by atoms with van der Waals surface area (Å²) < 4.78 is 0. The second kappa shape index (κ2) is 6.88. The zero-order chi connectivity index (χ0) is 13.0. The molecule has 2 fully saturated rings. The molecule has 3 heteroatoms. The van der Waals surface area contributed by atoms with Crippen LogP contribution in [0.15, 0.2) is 0 Å². The summed E-state index contributed by atoms with van der Waals surface area (Å²) in [4.78, 5) is 5.43. The monoisotopic (exact) mass is 253 g/mol. The molecular weight excluding hydrogens is 222 g/mol. The van der Waals surface area contributed by atoms with Gasteiger partial charge in [0.1, 0.15) is 0 Å². The first kappa shape index (κ1) is 14.3. The highest BCUT2D eigenvalue weighted by molar-refractivity contribution is 4.88. The average Bonchev–Trinajstić information content (AvgIpc) is 2.40. The van der Waals surface area contributed by atoms with Crippen molar-refractivity contribution in [2.75, 3.05) is 33.2 Å². The van der Waals surface area contributed by atoms with E-state index in [4.69, 9.17) is 0 Å². The number of nitrogens with zero attached hydrogens (tertiary/aromatic N) is 2. The Morgan fingerprint density at radius 2 is 1.83 bits per heavy atom. The van der Waals surface area contributed by atoms with E-state index in [2.05, 4.69) is 36.0 Å². The number of rotatable bonds is 4. The van der Waals surface area contributed by atoms with Gasteiger partial charge in [0.2, 0.25) is 0 Å². The van der Waals surface area contributed by atoms with Gasteiger partial charge in [-0.15, -0.1) is 0 Å². The summed E-state index contributed by atoms with van der Waals surface area (Å²) in [5.41, 5.74) is 0. The Kier molecular flexibility index (Phi) is 5.46. The van der Waals surface area contributed by atoms with E-state index in [0.29, 0.717) is 0 Å². The van der Waals surface area contributed by atoms with Crippen molar-refractivity contribution >= 4 is 0 Å². The molecule has 106 valence electrons. The van der Waals surface area contributed by atoms with E-state index < -0.39 is 0 Å². The molecular formula is C15H31N3. The highest BCUT2D eigenvalue weighted by Gasteiger charge is 2.31. The van der Waals surface area contributed by atoms with E-state index in [1.807, 2.05) is 0 Å². The van der Waals surface area contributed by atoms with E-state index in [1.165, 1.54) is 58.3 Å². The van der Waals surface area contributed by atoms with E-state index in [1.54, 1.807) is 0 Å². The SMILES string of the molecule is CCCN1CCC(N2CCC(NC)CC2C)CC1. The molecule has 2 atom stereocenters. The first-order chi connectivity index (χ1) is 8.74. The highest BCUT2D eigenvalue weighted by Crippen LogP contribution is 2.25. The molecule has 0 aliphatic carbocycles. The Labute approximate surface area is 113 Å². The van der Waals surface area contributed by atoms with Gasteiger partial charge in [0.25, 0.3) is 0 Å². The largest absolute Gasteiger partial charge is 0.317 e. The summed E-state index contributed by atoms with van der Waals surface area (Å²) in [7, 11) is 2.11. The topological polar surface area (TPSA) is 18.5 Å². The van der Waals surface area contributed by atoms with Crippen LogP contribution in [0.3, 0.4) is 0 Å². The fourth-order valence-corrected chi connectivity index (χ4v) is 3.79. The van der Waals surface area contributed by atoms with Crippen LogP contribution in [0.25, 0.3) is 0 Å². The van der Waals surface area contributed by atoms with E-state index in [0.717, 1.165) is 18.1 Å². The van der Waals surface area contributed by atoms with Gasteiger partial charge in [-0.05, 0) is 65.7 Å². The molecule has 2 unspecified atom stereocenters. The summed E-state index contributed by atoms with van der Waals surface area (Å²) >= 11 is 0. The normalized spacial score (nSPS) is 32.8. The van der Waals surface area contributed by atoms with Gasteiger partial charge in [-0.2, -0.15) is 0 Å². The van der Waals surface area contributed by atoms with Crippen LogP contribution in [-0.2, 0) is 0 Å². The molecule has 0 saturated carbocycles. The van der Waals surface area contributed by atoms with Crippen molar-refractivity contribution in [1.82, 2.24) is 15.1 Å². The molecule has 2 rings (SSSR count). The van der Waals surface area contributed by atoms with Crippen molar-refractivity contribution in [2.45, 2.75) is 64.1 Å². The Morgan fingerprint density at radius 1 is 1.11 bits per heavy atom. The Balaban J connectivity index is 1.79. The minimum Gasteiger partial charge on any atom is -0.317 e. The molecule has 0 aromatic carbocycles. The molecule has 0 spiro atoms. The van der Waals surface area contributed by atoms with Crippen LogP contribution in [0.5, 0.6) is 0 Å². The minimum absolute atomic E-state index is 0.747. The van der Waals surface area contributed by atoms with E-state index in [9.17, 15) is 0 Å². The molecule has 2 aliphatic rings. The fourth-order valence-electron chi connectivity index (χ4n) is 3.79. The lowest BCUT2D eigenvalue weighted by molar-refractivity contribution is 0.0484. The summed E-state index contributed by atoms with van der Waals surface area (Å²) in [6.07, 6.45) is 6.72. The Morgan fingerprint density at radius 3 is 2.39 bits per heavy atom. The standard InChI is InChI=1S/C15H31N3/c1-4-8-17-9-6-15(7-10-17)18-11-5-14(16-3)12-13(18)2/h13-16H,4-12H2,1-3H3. The minimum atomic E-state index is 0.747. The number of likely N-dealkylation sites (tertiary alicyclic amines) is 2. The molecule has 0 radical (unpaired) electrons. The predicted octanol–water partition coefficient (Wildman–Crippen LogP) is 1.93. The second-order valence-electron chi connectivity index (χ2n) is 6.17. The lowest BCUT2D eigenvalue weighted by Gasteiger charge is -2.45. The molecule has 2 heterocycles. The van der Waals surface area contributed by atoms with Gasteiger partial charge in [-0.3, -0.25) is 4.90 Å². The van der Waals surface area contributed by atoms with Gasteiger partial charge in [0.15, 0.2) is 0 Å². The first-order valence-electron chi connectivity index (χ1n) is 7.90. The fraction of sp³-hybridized carbons (Fsp3) is 1.00. The maximum absolute atomic E-state index is 3.45. The number of piperidine rings is 2. The van der Waals surface area contributed by atoms with E-state index >= 15 is 0 Å². The Bertz CT molecular complexity index is 236. The van der Waals surface area contributed by atoms with Crippen molar-refractivity contribution in [3.63, 3.8) is 0 Å². The molecule has 0 aromatic rings. The van der Waals surface area contributed by atoms with Crippen molar-refractivity contribution in [3.05, 3.63) is 0 Å². The van der Waals surface area contributed by atoms with Gasteiger partial charge in [0.05, 0.1) is 0 Å². The molecule has 0 aromatic heterocycles.